The zero-order valence-electron chi connectivity index (χ0n) is 14.9. The van der Waals surface area contributed by atoms with Crippen LogP contribution in [0.1, 0.15) is 20.3 Å². The summed E-state index contributed by atoms with van der Waals surface area (Å²) in [6, 6.07) is 6.87. The predicted octanol–water partition coefficient (Wildman–Crippen LogP) is 0.972. The third-order valence-corrected chi connectivity index (χ3v) is 3.99. The van der Waals surface area contributed by atoms with Gasteiger partial charge < -0.3 is 10.1 Å². The van der Waals surface area contributed by atoms with Crippen molar-refractivity contribution >= 4 is 16.8 Å². The third-order valence-electron chi connectivity index (χ3n) is 3.99. The lowest BCUT2D eigenvalue weighted by atomic mass is 10.1. The van der Waals surface area contributed by atoms with Crippen LogP contribution < -0.4 is 16.6 Å². The van der Waals surface area contributed by atoms with Gasteiger partial charge in [0.15, 0.2) is 0 Å². The van der Waals surface area contributed by atoms with Gasteiger partial charge in [-0.25, -0.2) is 4.79 Å². The van der Waals surface area contributed by atoms with Crippen LogP contribution in [-0.2, 0) is 22.6 Å². The summed E-state index contributed by atoms with van der Waals surface area (Å²) in [5.41, 5.74) is -0.288. The fourth-order valence-corrected chi connectivity index (χ4v) is 2.60. The number of nitrogens with one attached hydrogen (secondary N) is 1. The standard InChI is InChI=1S/C18H25N3O4/c1-13(2)8-10-20-17(23)14-6-4-5-7-15(14)21(18(20)24)12-16(22)19-9-11-25-3/h4-7,13H,8-12H2,1-3H3,(H,19,22). The zero-order chi connectivity index (χ0) is 18.4. The summed E-state index contributed by atoms with van der Waals surface area (Å²) in [6.07, 6.45) is 0.716. The molecule has 25 heavy (non-hydrogen) atoms. The van der Waals surface area contributed by atoms with Crippen LogP contribution in [-0.4, -0.2) is 35.3 Å². The van der Waals surface area contributed by atoms with Crippen molar-refractivity contribution in [3.63, 3.8) is 0 Å². The second-order valence-corrected chi connectivity index (χ2v) is 6.37. The van der Waals surface area contributed by atoms with E-state index in [0.717, 1.165) is 0 Å². The number of benzene rings is 1. The fraction of sp³-hybridized carbons (Fsp3) is 0.500. The molecule has 0 unspecified atom stereocenters. The van der Waals surface area contributed by atoms with Gasteiger partial charge in [0.25, 0.3) is 5.56 Å². The molecule has 1 heterocycles. The Morgan fingerprint density at radius 2 is 1.92 bits per heavy atom. The van der Waals surface area contributed by atoms with Gasteiger partial charge >= 0.3 is 5.69 Å². The minimum absolute atomic E-state index is 0.134. The molecule has 1 aromatic heterocycles. The van der Waals surface area contributed by atoms with Crippen LogP contribution in [0.2, 0.25) is 0 Å². The number of hydrogen-bond acceptors (Lipinski definition) is 4. The van der Waals surface area contributed by atoms with Crippen LogP contribution in [0.5, 0.6) is 0 Å². The Hall–Kier alpha value is -2.41. The summed E-state index contributed by atoms with van der Waals surface area (Å²) in [5, 5.41) is 3.14. The number of ether oxygens (including phenoxy) is 1. The van der Waals surface area contributed by atoms with E-state index in [2.05, 4.69) is 5.32 Å². The minimum Gasteiger partial charge on any atom is -0.383 e. The van der Waals surface area contributed by atoms with E-state index in [-0.39, 0.29) is 18.0 Å². The maximum absolute atomic E-state index is 12.8. The van der Waals surface area contributed by atoms with E-state index < -0.39 is 5.69 Å². The van der Waals surface area contributed by atoms with Crippen molar-refractivity contribution in [1.82, 2.24) is 14.5 Å². The van der Waals surface area contributed by atoms with Crippen LogP contribution in [0, 0.1) is 5.92 Å². The monoisotopic (exact) mass is 347 g/mol. The first-order valence-corrected chi connectivity index (χ1v) is 8.43. The molecule has 0 saturated heterocycles. The molecule has 0 saturated carbocycles. The molecule has 0 aliphatic carbocycles. The Morgan fingerprint density at radius 3 is 2.60 bits per heavy atom. The Morgan fingerprint density at radius 1 is 1.20 bits per heavy atom. The summed E-state index contributed by atoms with van der Waals surface area (Å²) in [4.78, 5) is 37.6. The smallest absolute Gasteiger partial charge is 0.331 e. The second kappa shape index (κ2) is 8.62. The maximum atomic E-state index is 12.8. The number of methoxy groups -OCH3 is 1. The van der Waals surface area contributed by atoms with Crippen LogP contribution in [0.25, 0.3) is 10.9 Å². The fourth-order valence-electron chi connectivity index (χ4n) is 2.60. The van der Waals surface area contributed by atoms with E-state index in [9.17, 15) is 14.4 Å². The molecule has 7 nitrogen and oxygen atoms in total. The lowest BCUT2D eigenvalue weighted by molar-refractivity contribution is -0.121. The molecule has 0 radical (unpaired) electrons. The number of fused-ring (bicyclic) bond motifs is 1. The molecule has 0 bridgehead atoms. The molecule has 1 amide bonds. The average molecular weight is 347 g/mol. The van der Waals surface area contributed by atoms with Gasteiger partial charge in [0.2, 0.25) is 5.91 Å². The number of rotatable bonds is 8. The molecule has 0 aliphatic rings. The third kappa shape index (κ3) is 4.57. The number of carbonyl (C=O) groups is 1. The van der Waals surface area contributed by atoms with Gasteiger partial charge in [-0.15, -0.1) is 0 Å². The Labute approximate surface area is 146 Å². The SMILES string of the molecule is COCCNC(=O)Cn1c(=O)n(CCC(C)C)c(=O)c2ccccc21. The molecule has 0 atom stereocenters. The molecular weight excluding hydrogens is 322 g/mol. The Bertz CT molecular complexity index is 852. The number of carbonyl (C=O) groups excluding carboxylic acids is 1. The predicted molar refractivity (Wildman–Crippen MR) is 96.8 cm³/mol. The molecule has 136 valence electrons. The van der Waals surface area contributed by atoms with Crippen molar-refractivity contribution in [2.24, 2.45) is 5.92 Å². The molecule has 1 N–H and O–H groups in total. The topological polar surface area (TPSA) is 82.3 Å². The molecular formula is C18H25N3O4. The van der Waals surface area contributed by atoms with Crippen molar-refractivity contribution in [1.29, 1.82) is 0 Å². The summed E-state index contributed by atoms with van der Waals surface area (Å²) in [6.45, 7) is 5.04. The van der Waals surface area contributed by atoms with Gasteiger partial charge in [-0.1, -0.05) is 26.0 Å². The summed E-state index contributed by atoms with van der Waals surface area (Å²) in [5.74, 6) is 0.0712. The van der Waals surface area contributed by atoms with E-state index in [4.69, 9.17) is 4.74 Å². The van der Waals surface area contributed by atoms with Gasteiger partial charge in [0.05, 0.1) is 17.5 Å². The summed E-state index contributed by atoms with van der Waals surface area (Å²) in [7, 11) is 1.55. The maximum Gasteiger partial charge on any atom is 0.331 e. The van der Waals surface area contributed by atoms with Gasteiger partial charge in [0, 0.05) is 20.2 Å². The molecule has 2 rings (SSSR count). The molecule has 0 fully saturated rings. The van der Waals surface area contributed by atoms with E-state index in [1.807, 2.05) is 13.8 Å². The summed E-state index contributed by atoms with van der Waals surface area (Å²) >= 11 is 0. The number of amides is 1. The summed E-state index contributed by atoms with van der Waals surface area (Å²) < 4.78 is 7.48. The average Bonchev–Trinajstić information content (AvgIpc) is 2.58. The van der Waals surface area contributed by atoms with Crippen LogP contribution >= 0.6 is 0 Å². The van der Waals surface area contributed by atoms with Crippen molar-refractivity contribution in [2.45, 2.75) is 33.4 Å². The lowest BCUT2D eigenvalue weighted by Crippen LogP contribution is -2.43. The van der Waals surface area contributed by atoms with Crippen molar-refractivity contribution in [3.05, 3.63) is 45.1 Å². The van der Waals surface area contributed by atoms with Crippen LogP contribution in [0.4, 0.5) is 0 Å². The minimum atomic E-state index is -0.453. The van der Waals surface area contributed by atoms with Gasteiger partial charge in [-0.05, 0) is 24.5 Å². The lowest BCUT2D eigenvalue weighted by Gasteiger charge is -2.14. The first-order chi connectivity index (χ1) is 12.0. The largest absolute Gasteiger partial charge is 0.383 e. The number of para-hydroxylation sites is 1. The first-order valence-electron chi connectivity index (χ1n) is 8.43. The van der Waals surface area contributed by atoms with E-state index in [1.54, 1.807) is 31.4 Å². The number of aromatic nitrogens is 2. The van der Waals surface area contributed by atoms with Crippen molar-refractivity contribution < 1.29 is 9.53 Å². The second-order valence-electron chi connectivity index (χ2n) is 6.37. The highest BCUT2D eigenvalue weighted by Crippen LogP contribution is 2.08. The quantitative estimate of drug-likeness (QED) is 0.722. The van der Waals surface area contributed by atoms with Gasteiger partial charge in [-0.3, -0.25) is 18.7 Å². The van der Waals surface area contributed by atoms with Crippen molar-refractivity contribution in [2.75, 3.05) is 20.3 Å². The molecule has 1 aromatic carbocycles. The van der Waals surface area contributed by atoms with Gasteiger partial charge in [-0.2, -0.15) is 0 Å². The highest BCUT2D eigenvalue weighted by molar-refractivity contribution is 5.81. The number of nitrogens with zero attached hydrogens (tertiary/aromatic N) is 2. The molecule has 7 heteroatoms. The molecule has 0 spiro atoms. The molecule has 0 aliphatic heterocycles. The van der Waals surface area contributed by atoms with E-state index in [0.29, 0.717) is 42.9 Å². The number of hydrogen-bond donors (Lipinski definition) is 1. The normalized spacial score (nSPS) is 11.2. The highest BCUT2D eigenvalue weighted by atomic mass is 16.5. The molecule has 2 aromatic rings. The first kappa shape index (κ1) is 18.9. The van der Waals surface area contributed by atoms with Crippen LogP contribution in [0.15, 0.2) is 33.9 Å². The Balaban J connectivity index is 2.45. The van der Waals surface area contributed by atoms with Crippen LogP contribution in [0.3, 0.4) is 0 Å². The zero-order valence-corrected chi connectivity index (χ0v) is 14.9. The van der Waals surface area contributed by atoms with Gasteiger partial charge in [0.1, 0.15) is 6.54 Å². The van der Waals surface area contributed by atoms with E-state index in [1.165, 1.54) is 9.13 Å². The highest BCUT2D eigenvalue weighted by Gasteiger charge is 2.15. The van der Waals surface area contributed by atoms with E-state index >= 15 is 0 Å². The van der Waals surface area contributed by atoms with Crippen molar-refractivity contribution in [3.8, 4) is 0 Å². The Kier molecular flexibility index (Phi) is 6.52.